The highest BCUT2D eigenvalue weighted by Gasteiger charge is 2.13. The van der Waals surface area contributed by atoms with Gasteiger partial charge < -0.3 is 10.8 Å². The van der Waals surface area contributed by atoms with E-state index in [1.807, 2.05) is 0 Å². The SMILES string of the molecule is CC(=O)O.N=C(N)c1c(F)cc(F)cc1F. The average Bonchev–Trinajstić information content (AvgIpc) is 1.98. The lowest BCUT2D eigenvalue weighted by atomic mass is 10.2. The normalized spacial score (nSPS) is 9.00. The summed E-state index contributed by atoms with van der Waals surface area (Å²) in [4.78, 5) is 9.00. The molecule has 0 unspecified atom stereocenters. The van der Waals surface area contributed by atoms with Crippen LogP contribution in [-0.2, 0) is 4.79 Å². The van der Waals surface area contributed by atoms with Crippen LogP contribution >= 0.6 is 0 Å². The lowest BCUT2D eigenvalue weighted by Gasteiger charge is -2.01. The van der Waals surface area contributed by atoms with Crippen molar-refractivity contribution in [2.75, 3.05) is 0 Å². The number of carbonyl (C=O) groups is 1. The number of rotatable bonds is 1. The number of hydrogen-bond acceptors (Lipinski definition) is 2. The summed E-state index contributed by atoms with van der Waals surface area (Å²) in [6, 6.07) is 0.944. The second kappa shape index (κ2) is 5.74. The summed E-state index contributed by atoms with van der Waals surface area (Å²) >= 11 is 0. The molecule has 4 nitrogen and oxygen atoms in total. The Hall–Kier alpha value is -2.05. The first-order valence-electron chi connectivity index (χ1n) is 3.94. The zero-order chi connectivity index (χ0) is 12.9. The van der Waals surface area contributed by atoms with Crippen LogP contribution in [0.25, 0.3) is 0 Å². The van der Waals surface area contributed by atoms with Gasteiger partial charge in [-0.05, 0) is 0 Å². The predicted octanol–water partition coefficient (Wildman–Crippen LogP) is 1.48. The van der Waals surface area contributed by atoms with Gasteiger partial charge in [-0.3, -0.25) is 10.2 Å². The van der Waals surface area contributed by atoms with E-state index in [1.54, 1.807) is 0 Å². The van der Waals surface area contributed by atoms with Gasteiger partial charge in [0.05, 0.1) is 5.56 Å². The van der Waals surface area contributed by atoms with Crippen molar-refractivity contribution in [2.24, 2.45) is 5.73 Å². The second-order valence-corrected chi connectivity index (χ2v) is 2.68. The molecule has 1 aromatic rings. The molecule has 0 heterocycles. The fraction of sp³-hybridized carbons (Fsp3) is 0.111. The Kier molecular flexibility index (Phi) is 5.00. The van der Waals surface area contributed by atoms with Crippen LogP contribution in [0.2, 0.25) is 0 Å². The summed E-state index contributed by atoms with van der Waals surface area (Å²) in [5.41, 5.74) is 4.15. The van der Waals surface area contributed by atoms with E-state index < -0.39 is 34.8 Å². The predicted molar refractivity (Wildman–Crippen MR) is 50.6 cm³/mol. The maximum atomic E-state index is 12.7. The third-order valence-electron chi connectivity index (χ3n) is 1.28. The molecular formula is C9H9F3N2O2. The molecule has 0 aliphatic heterocycles. The van der Waals surface area contributed by atoms with Gasteiger partial charge in [0.25, 0.3) is 5.97 Å². The number of carboxylic acids is 1. The van der Waals surface area contributed by atoms with Gasteiger partial charge >= 0.3 is 0 Å². The first-order valence-corrected chi connectivity index (χ1v) is 3.94. The number of aliphatic carboxylic acids is 1. The van der Waals surface area contributed by atoms with E-state index in [2.05, 4.69) is 0 Å². The van der Waals surface area contributed by atoms with Crippen LogP contribution in [0.5, 0.6) is 0 Å². The van der Waals surface area contributed by atoms with Crippen molar-refractivity contribution in [2.45, 2.75) is 6.92 Å². The number of nitrogen functional groups attached to an aromatic ring is 1. The molecule has 88 valence electrons. The highest BCUT2D eigenvalue weighted by atomic mass is 19.1. The largest absolute Gasteiger partial charge is 0.481 e. The highest BCUT2D eigenvalue weighted by Crippen LogP contribution is 2.13. The number of benzene rings is 1. The van der Waals surface area contributed by atoms with Crippen LogP contribution in [0.15, 0.2) is 12.1 Å². The Labute approximate surface area is 89.0 Å². The molecule has 0 aliphatic carbocycles. The Morgan fingerprint density at radius 2 is 1.62 bits per heavy atom. The molecule has 0 saturated heterocycles. The standard InChI is InChI=1S/C7H5F3N2.C2H4O2/c8-3-1-4(9)6(7(11)12)5(10)2-3;1-2(3)4/h1-2H,(H3,11,12);1H3,(H,3,4). The molecule has 0 aliphatic rings. The summed E-state index contributed by atoms with van der Waals surface area (Å²) in [5, 5.41) is 14.2. The van der Waals surface area contributed by atoms with Gasteiger partial charge in [-0.15, -0.1) is 0 Å². The average molecular weight is 234 g/mol. The first-order chi connectivity index (χ1) is 7.25. The van der Waals surface area contributed by atoms with Gasteiger partial charge in [0, 0.05) is 19.1 Å². The number of nitrogens with two attached hydrogens (primary N) is 1. The molecule has 0 bridgehead atoms. The van der Waals surface area contributed by atoms with Crippen LogP contribution in [0.1, 0.15) is 12.5 Å². The zero-order valence-corrected chi connectivity index (χ0v) is 8.22. The van der Waals surface area contributed by atoms with Gasteiger partial charge in [-0.1, -0.05) is 0 Å². The summed E-state index contributed by atoms with van der Waals surface area (Å²) in [7, 11) is 0. The van der Waals surface area contributed by atoms with E-state index in [9.17, 15) is 13.2 Å². The van der Waals surface area contributed by atoms with Crippen LogP contribution in [0, 0.1) is 22.9 Å². The third-order valence-corrected chi connectivity index (χ3v) is 1.28. The molecule has 4 N–H and O–H groups in total. The number of halogens is 3. The van der Waals surface area contributed by atoms with Crippen molar-refractivity contribution >= 4 is 11.8 Å². The Balaban J connectivity index is 0.000000487. The summed E-state index contributed by atoms with van der Waals surface area (Å²) in [6.45, 7) is 1.08. The molecule has 0 atom stereocenters. The lowest BCUT2D eigenvalue weighted by Crippen LogP contribution is -2.15. The van der Waals surface area contributed by atoms with Crippen molar-refractivity contribution in [1.29, 1.82) is 5.41 Å². The maximum absolute atomic E-state index is 12.7. The van der Waals surface area contributed by atoms with Crippen molar-refractivity contribution < 1.29 is 23.1 Å². The number of hydrogen-bond donors (Lipinski definition) is 3. The first kappa shape index (κ1) is 13.9. The fourth-order valence-corrected chi connectivity index (χ4v) is 0.800. The number of amidine groups is 1. The van der Waals surface area contributed by atoms with Gasteiger partial charge in [0.2, 0.25) is 0 Å². The Bertz CT molecular complexity index is 394. The Morgan fingerprint density at radius 3 is 1.88 bits per heavy atom. The van der Waals surface area contributed by atoms with E-state index in [1.165, 1.54) is 0 Å². The van der Waals surface area contributed by atoms with Crippen LogP contribution in [0.4, 0.5) is 13.2 Å². The third kappa shape index (κ3) is 4.45. The van der Waals surface area contributed by atoms with Crippen LogP contribution < -0.4 is 5.73 Å². The lowest BCUT2D eigenvalue weighted by molar-refractivity contribution is -0.134. The summed E-state index contributed by atoms with van der Waals surface area (Å²) in [6.07, 6.45) is 0. The molecule has 16 heavy (non-hydrogen) atoms. The molecule has 0 radical (unpaired) electrons. The van der Waals surface area contributed by atoms with Gasteiger partial charge in [0.15, 0.2) is 0 Å². The highest BCUT2D eigenvalue weighted by molar-refractivity contribution is 5.95. The van der Waals surface area contributed by atoms with E-state index in [-0.39, 0.29) is 0 Å². The molecule has 1 aromatic carbocycles. The fourth-order valence-electron chi connectivity index (χ4n) is 0.800. The monoisotopic (exact) mass is 234 g/mol. The van der Waals surface area contributed by atoms with E-state index in [0.29, 0.717) is 12.1 Å². The van der Waals surface area contributed by atoms with E-state index in [0.717, 1.165) is 6.92 Å². The Morgan fingerprint density at radius 1 is 1.31 bits per heavy atom. The van der Waals surface area contributed by atoms with E-state index >= 15 is 0 Å². The van der Waals surface area contributed by atoms with Gasteiger partial charge in [0.1, 0.15) is 23.3 Å². The quantitative estimate of drug-likeness (QED) is 0.508. The van der Waals surface area contributed by atoms with Crippen LogP contribution in [0.3, 0.4) is 0 Å². The molecule has 0 amide bonds. The van der Waals surface area contributed by atoms with Crippen molar-refractivity contribution in [3.63, 3.8) is 0 Å². The molecule has 7 heteroatoms. The van der Waals surface area contributed by atoms with Gasteiger partial charge in [-0.25, -0.2) is 13.2 Å². The smallest absolute Gasteiger partial charge is 0.300 e. The summed E-state index contributed by atoms with van der Waals surface area (Å²) < 4.78 is 37.6. The van der Waals surface area contributed by atoms with Crippen molar-refractivity contribution in [1.82, 2.24) is 0 Å². The molecule has 1 rings (SSSR count). The van der Waals surface area contributed by atoms with Crippen LogP contribution in [-0.4, -0.2) is 16.9 Å². The topological polar surface area (TPSA) is 87.2 Å². The number of carboxylic acid groups (broad SMARTS) is 1. The van der Waals surface area contributed by atoms with Gasteiger partial charge in [-0.2, -0.15) is 0 Å². The minimum Gasteiger partial charge on any atom is -0.481 e. The molecular weight excluding hydrogens is 225 g/mol. The zero-order valence-electron chi connectivity index (χ0n) is 8.22. The van der Waals surface area contributed by atoms with Crippen molar-refractivity contribution in [3.8, 4) is 0 Å². The molecule has 0 saturated carbocycles. The molecule has 0 aromatic heterocycles. The molecule has 0 fully saturated rings. The van der Waals surface area contributed by atoms with Crippen molar-refractivity contribution in [3.05, 3.63) is 35.1 Å². The number of nitrogens with one attached hydrogen (secondary N) is 1. The summed E-state index contributed by atoms with van der Waals surface area (Å²) in [5.74, 6) is -4.96. The van der Waals surface area contributed by atoms with E-state index in [4.69, 9.17) is 21.0 Å². The minimum atomic E-state index is -1.17. The minimum absolute atomic E-state index is 0.472. The second-order valence-electron chi connectivity index (χ2n) is 2.68. The maximum Gasteiger partial charge on any atom is 0.300 e. The molecule has 0 spiro atoms.